The number of hydrogen-bond acceptors (Lipinski definition) is 4. The molecule has 0 aliphatic carbocycles. The van der Waals surface area contributed by atoms with Crippen LogP contribution in [-0.4, -0.2) is 30.5 Å². The smallest absolute Gasteiger partial charge is 0.274 e. The normalized spacial score (nSPS) is 10.4. The lowest BCUT2D eigenvalue weighted by Gasteiger charge is -2.21. The first-order valence-corrected chi connectivity index (χ1v) is 10.1. The number of nitrogens with zero attached hydrogens (tertiary/aromatic N) is 2. The second kappa shape index (κ2) is 10.3. The molecule has 1 aromatic heterocycles. The molecule has 150 valence electrons. The maximum Gasteiger partial charge on any atom is 0.274 e. The van der Waals surface area contributed by atoms with Gasteiger partial charge in [0.15, 0.2) is 0 Å². The van der Waals surface area contributed by atoms with Crippen LogP contribution in [0, 0.1) is 0 Å². The molecule has 29 heavy (non-hydrogen) atoms. The number of benzene rings is 2. The highest BCUT2D eigenvalue weighted by molar-refractivity contribution is 6.03. The van der Waals surface area contributed by atoms with Crippen LogP contribution in [0.15, 0.2) is 72.9 Å². The minimum atomic E-state index is -0.215. The number of carbonyl (C=O) groups excluding carboxylic acids is 1. The summed E-state index contributed by atoms with van der Waals surface area (Å²) in [6.45, 7) is 6.96. The molecular formula is C24H28N4O. The number of nitrogens with one attached hydrogen (secondary N) is 2. The first-order chi connectivity index (χ1) is 14.2. The van der Waals surface area contributed by atoms with Crippen molar-refractivity contribution < 1.29 is 4.79 Å². The monoisotopic (exact) mass is 388 g/mol. The molecule has 1 heterocycles. The number of anilines is 3. The van der Waals surface area contributed by atoms with Gasteiger partial charge in [-0.3, -0.25) is 9.78 Å². The van der Waals surface area contributed by atoms with E-state index in [0.717, 1.165) is 43.1 Å². The van der Waals surface area contributed by atoms with E-state index >= 15 is 0 Å². The predicted octanol–water partition coefficient (Wildman–Crippen LogP) is 4.83. The van der Waals surface area contributed by atoms with Gasteiger partial charge in [-0.2, -0.15) is 0 Å². The van der Waals surface area contributed by atoms with E-state index in [-0.39, 0.29) is 5.91 Å². The van der Waals surface area contributed by atoms with Crippen LogP contribution in [0.5, 0.6) is 0 Å². The molecule has 0 spiro atoms. The number of pyridine rings is 1. The Morgan fingerprint density at radius 2 is 1.66 bits per heavy atom. The standard InChI is InChI=1S/C24H28N4O/c1-3-28(4-2)22-12-10-20(11-13-22)27-24(29)23-18-21(15-17-26-23)25-16-14-19-8-6-5-7-9-19/h5-13,15,17-18H,3-4,14,16H2,1-2H3,(H,25,26)(H,27,29). The minimum absolute atomic E-state index is 0.215. The van der Waals surface area contributed by atoms with Crippen molar-refractivity contribution in [3.05, 3.63) is 84.2 Å². The first kappa shape index (κ1) is 20.4. The van der Waals surface area contributed by atoms with Gasteiger partial charge in [0.1, 0.15) is 5.69 Å². The number of rotatable bonds is 9. The van der Waals surface area contributed by atoms with Crippen molar-refractivity contribution in [2.24, 2.45) is 0 Å². The van der Waals surface area contributed by atoms with E-state index in [4.69, 9.17) is 0 Å². The van der Waals surface area contributed by atoms with Gasteiger partial charge in [0.25, 0.3) is 5.91 Å². The average molecular weight is 389 g/mol. The number of carbonyl (C=O) groups is 1. The van der Waals surface area contributed by atoms with E-state index in [0.29, 0.717) is 5.69 Å². The molecule has 2 N–H and O–H groups in total. The highest BCUT2D eigenvalue weighted by Gasteiger charge is 2.09. The summed E-state index contributed by atoms with van der Waals surface area (Å²) in [5, 5.41) is 6.28. The molecule has 5 heteroatoms. The summed E-state index contributed by atoms with van der Waals surface area (Å²) in [5.74, 6) is -0.215. The fourth-order valence-electron chi connectivity index (χ4n) is 3.20. The van der Waals surface area contributed by atoms with Crippen LogP contribution in [0.25, 0.3) is 0 Å². The summed E-state index contributed by atoms with van der Waals surface area (Å²) >= 11 is 0. The molecule has 3 rings (SSSR count). The first-order valence-electron chi connectivity index (χ1n) is 10.1. The average Bonchev–Trinajstić information content (AvgIpc) is 2.77. The van der Waals surface area contributed by atoms with E-state index in [2.05, 4.69) is 46.5 Å². The van der Waals surface area contributed by atoms with E-state index in [9.17, 15) is 4.79 Å². The minimum Gasteiger partial charge on any atom is -0.385 e. The van der Waals surface area contributed by atoms with Gasteiger partial charge in [-0.05, 0) is 62.2 Å². The predicted molar refractivity (Wildman–Crippen MR) is 121 cm³/mol. The van der Waals surface area contributed by atoms with Crippen LogP contribution in [0.4, 0.5) is 17.1 Å². The van der Waals surface area contributed by atoms with Crippen LogP contribution in [0.2, 0.25) is 0 Å². The van der Waals surface area contributed by atoms with Gasteiger partial charge in [0, 0.05) is 42.9 Å². The van der Waals surface area contributed by atoms with E-state index in [1.54, 1.807) is 12.3 Å². The number of aromatic nitrogens is 1. The lowest BCUT2D eigenvalue weighted by molar-refractivity contribution is 0.102. The van der Waals surface area contributed by atoms with Gasteiger partial charge in [0.05, 0.1) is 0 Å². The quantitative estimate of drug-likeness (QED) is 0.551. The third-order valence-electron chi connectivity index (χ3n) is 4.83. The maximum absolute atomic E-state index is 12.6. The Morgan fingerprint density at radius 1 is 0.931 bits per heavy atom. The largest absolute Gasteiger partial charge is 0.385 e. The van der Waals surface area contributed by atoms with Gasteiger partial charge in [0.2, 0.25) is 0 Å². The molecule has 0 saturated heterocycles. The number of amides is 1. The van der Waals surface area contributed by atoms with Gasteiger partial charge in [-0.15, -0.1) is 0 Å². The Morgan fingerprint density at radius 3 is 2.34 bits per heavy atom. The van der Waals surface area contributed by atoms with Gasteiger partial charge in [-0.25, -0.2) is 0 Å². The molecular weight excluding hydrogens is 360 g/mol. The van der Waals surface area contributed by atoms with Crippen LogP contribution in [0.1, 0.15) is 29.9 Å². The Kier molecular flexibility index (Phi) is 7.22. The third-order valence-corrected chi connectivity index (χ3v) is 4.83. The fraction of sp³-hybridized carbons (Fsp3) is 0.250. The van der Waals surface area contributed by atoms with Crippen molar-refractivity contribution in [2.45, 2.75) is 20.3 Å². The molecule has 0 aliphatic heterocycles. The Bertz CT molecular complexity index is 906. The Balaban J connectivity index is 1.57. The van der Waals surface area contributed by atoms with Crippen molar-refractivity contribution in [1.29, 1.82) is 0 Å². The van der Waals surface area contributed by atoms with E-state index in [1.165, 1.54) is 5.56 Å². The Hall–Kier alpha value is -3.34. The van der Waals surface area contributed by atoms with E-state index in [1.807, 2.05) is 48.5 Å². The zero-order valence-electron chi connectivity index (χ0n) is 17.1. The van der Waals surface area contributed by atoms with Gasteiger partial charge >= 0.3 is 0 Å². The topological polar surface area (TPSA) is 57.3 Å². The zero-order chi connectivity index (χ0) is 20.5. The van der Waals surface area contributed by atoms with Crippen molar-refractivity contribution in [3.8, 4) is 0 Å². The maximum atomic E-state index is 12.6. The van der Waals surface area contributed by atoms with Gasteiger partial charge < -0.3 is 15.5 Å². The summed E-state index contributed by atoms with van der Waals surface area (Å²) in [4.78, 5) is 19.1. The molecule has 0 unspecified atom stereocenters. The Labute approximate surface area is 172 Å². The summed E-state index contributed by atoms with van der Waals surface area (Å²) < 4.78 is 0. The second-order valence-electron chi connectivity index (χ2n) is 6.77. The van der Waals surface area contributed by atoms with Crippen LogP contribution in [0.3, 0.4) is 0 Å². The summed E-state index contributed by atoms with van der Waals surface area (Å²) in [6, 6.07) is 21.9. The lowest BCUT2D eigenvalue weighted by Crippen LogP contribution is -2.21. The van der Waals surface area contributed by atoms with Crippen molar-refractivity contribution in [3.63, 3.8) is 0 Å². The van der Waals surface area contributed by atoms with Crippen LogP contribution < -0.4 is 15.5 Å². The fourth-order valence-corrected chi connectivity index (χ4v) is 3.20. The molecule has 0 aliphatic rings. The lowest BCUT2D eigenvalue weighted by atomic mass is 10.1. The molecule has 0 atom stereocenters. The van der Waals surface area contributed by atoms with Crippen molar-refractivity contribution in [1.82, 2.24) is 4.98 Å². The third kappa shape index (κ3) is 5.82. The van der Waals surface area contributed by atoms with Crippen molar-refractivity contribution in [2.75, 3.05) is 35.2 Å². The molecule has 0 saturated carbocycles. The molecule has 2 aromatic carbocycles. The molecule has 0 fully saturated rings. The van der Waals surface area contributed by atoms with Crippen molar-refractivity contribution >= 4 is 23.0 Å². The molecule has 3 aromatic rings. The van der Waals surface area contributed by atoms with Gasteiger partial charge in [-0.1, -0.05) is 30.3 Å². The molecule has 0 radical (unpaired) electrons. The van der Waals surface area contributed by atoms with Crippen LogP contribution >= 0.6 is 0 Å². The molecule has 1 amide bonds. The highest BCUT2D eigenvalue weighted by Crippen LogP contribution is 2.18. The summed E-state index contributed by atoms with van der Waals surface area (Å²) in [6.07, 6.45) is 2.58. The molecule has 5 nitrogen and oxygen atoms in total. The highest BCUT2D eigenvalue weighted by atomic mass is 16.1. The number of hydrogen-bond donors (Lipinski definition) is 2. The second-order valence-corrected chi connectivity index (χ2v) is 6.77. The summed E-state index contributed by atoms with van der Waals surface area (Å²) in [7, 11) is 0. The molecule has 0 bridgehead atoms. The SMILES string of the molecule is CCN(CC)c1ccc(NC(=O)c2cc(NCCc3ccccc3)ccn2)cc1. The van der Waals surface area contributed by atoms with E-state index < -0.39 is 0 Å². The zero-order valence-corrected chi connectivity index (χ0v) is 17.1. The van der Waals surface area contributed by atoms with Crippen LogP contribution in [-0.2, 0) is 6.42 Å². The summed E-state index contributed by atoms with van der Waals surface area (Å²) in [5.41, 5.74) is 4.46.